The molecule has 0 atom stereocenters. The molecule has 0 fully saturated rings. The van der Waals surface area contributed by atoms with Crippen LogP contribution in [-0.2, 0) is 35.8 Å². The monoisotopic (exact) mass is 969 g/mol. The lowest BCUT2D eigenvalue weighted by molar-refractivity contribution is -0.0500. The molecule has 0 saturated heterocycles. The van der Waals surface area contributed by atoms with E-state index < -0.39 is 21.4 Å². The van der Waals surface area contributed by atoms with Gasteiger partial charge in [-0.1, -0.05) is 182 Å². The molecule has 354 valence electrons. The molecule has 72 heavy (non-hydrogen) atoms. The van der Waals surface area contributed by atoms with Gasteiger partial charge in [-0.05, 0) is 117 Å². The minimum atomic E-state index is -5.84. The van der Waals surface area contributed by atoms with Crippen molar-refractivity contribution in [3.63, 3.8) is 0 Å². The Hall–Kier alpha value is -8.47. The van der Waals surface area contributed by atoms with Gasteiger partial charge in [0.2, 0.25) is 0 Å². The fourth-order valence-corrected chi connectivity index (χ4v) is 9.48. The highest BCUT2D eigenvalue weighted by molar-refractivity contribution is 7.88. The summed E-state index contributed by atoms with van der Waals surface area (Å²) in [6.07, 6.45) is 8.76. The summed E-state index contributed by atoms with van der Waals surface area (Å²) in [4.78, 5) is 14.6. The van der Waals surface area contributed by atoms with Crippen LogP contribution in [0.2, 0.25) is 0 Å². The zero-order valence-corrected chi connectivity index (χ0v) is 39.7. The molecule has 6 nitrogen and oxygen atoms in total. The maximum absolute atomic E-state index is 13.1. The van der Waals surface area contributed by atoms with Crippen molar-refractivity contribution in [2.75, 3.05) is 0 Å². The molecular weight excluding hydrogens is 924 g/mol. The van der Waals surface area contributed by atoms with Crippen molar-refractivity contribution in [1.82, 2.24) is 15.0 Å². The number of hydrogen-bond acceptors (Lipinski definition) is 6. The number of nitrogens with zero attached hydrogens (tertiary/aromatic N) is 3. The van der Waals surface area contributed by atoms with Gasteiger partial charge < -0.3 is 4.18 Å². The third-order valence-electron chi connectivity index (χ3n) is 12.6. The first-order valence-corrected chi connectivity index (χ1v) is 24.9. The maximum Gasteiger partial charge on any atom is 0.534 e. The molecule has 10 aromatic rings. The summed E-state index contributed by atoms with van der Waals surface area (Å²) < 4.78 is 67.2. The van der Waals surface area contributed by atoms with Crippen LogP contribution >= 0.6 is 0 Å². The van der Waals surface area contributed by atoms with Crippen LogP contribution in [0.3, 0.4) is 0 Å². The Morgan fingerprint density at radius 1 is 0.361 bits per heavy atom. The lowest BCUT2D eigenvalue weighted by Crippen LogP contribution is -2.28. The molecule has 0 amide bonds. The number of aryl methyl sites for hydroxylation is 4. The molecule has 0 aliphatic rings. The Morgan fingerprint density at radius 2 is 0.806 bits per heavy atom. The number of pyridine rings is 3. The predicted molar refractivity (Wildman–Crippen MR) is 281 cm³/mol. The zero-order valence-electron chi connectivity index (χ0n) is 38.9. The second-order valence-electron chi connectivity index (χ2n) is 17.4. The highest BCUT2D eigenvalue weighted by Crippen LogP contribution is 2.37. The lowest BCUT2D eigenvalue weighted by Gasteiger charge is -2.16. The van der Waals surface area contributed by atoms with Gasteiger partial charge in [0.1, 0.15) is 5.75 Å². The second-order valence-corrected chi connectivity index (χ2v) is 19.0. The van der Waals surface area contributed by atoms with Gasteiger partial charge in [0.05, 0.1) is 17.1 Å². The average molecular weight is 970 g/mol. The first kappa shape index (κ1) is 47.2. The third-order valence-corrected chi connectivity index (χ3v) is 13.6. The van der Waals surface area contributed by atoms with Crippen molar-refractivity contribution in [2.24, 2.45) is 0 Å². The van der Waals surface area contributed by atoms with Crippen molar-refractivity contribution >= 4 is 10.1 Å². The molecule has 0 unspecified atom stereocenters. The quantitative estimate of drug-likeness (QED) is 0.0752. The third kappa shape index (κ3) is 10.8. The molecule has 0 saturated carbocycles. The normalized spacial score (nSPS) is 11.6. The SMILES string of the molecule is O=S(=O)(Oc1cccc(-c2ccc(-c3ccccc3-c3cc(CCc4cnc(-c5ccccc5)cc4-c4ccccc4)cc(CCc4cnc(-c5ccccc5)cc4-c4ccccc4)c3)cn2)c1)C(F)(F)F. The fourth-order valence-electron chi connectivity index (χ4n) is 9.03. The van der Waals surface area contributed by atoms with Gasteiger partial charge in [-0.3, -0.25) is 15.0 Å². The number of hydrogen-bond donors (Lipinski definition) is 0. The number of alkyl halides is 3. The van der Waals surface area contributed by atoms with Gasteiger partial charge in [0.25, 0.3) is 0 Å². The summed E-state index contributed by atoms with van der Waals surface area (Å²) in [5.41, 5.74) is 12.2. The Morgan fingerprint density at radius 3 is 1.28 bits per heavy atom. The van der Waals surface area contributed by atoms with E-state index in [1.807, 2.05) is 85.2 Å². The van der Waals surface area contributed by atoms with E-state index in [-0.39, 0.29) is 0 Å². The average Bonchev–Trinajstić information content (AvgIpc) is 3.42. The number of benzene rings is 7. The smallest absolute Gasteiger partial charge is 0.376 e. The first-order valence-electron chi connectivity index (χ1n) is 23.5. The van der Waals surface area contributed by atoms with Crippen LogP contribution in [0.4, 0.5) is 13.2 Å². The van der Waals surface area contributed by atoms with E-state index in [0.29, 0.717) is 11.3 Å². The highest BCUT2D eigenvalue weighted by Gasteiger charge is 2.48. The van der Waals surface area contributed by atoms with Crippen molar-refractivity contribution in [3.05, 3.63) is 253 Å². The van der Waals surface area contributed by atoms with Crippen molar-refractivity contribution in [3.8, 4) is 84.0 Å². The van der Waals surface area contributed by atoms with E-state index in [0.717, 1.165) is 110 Å². The highest BCUT2D eigenvalue weighted by atomic mass is 32.2. The van der Waals surface area contributed by atoms with E-state index in [1.165, 1.54) is 23.3 Å². The molecule has 0 spiro atoms. The zero-order chi connectivity index (χ0) is 49.5. The van der Waals surface area contributed by atoms with Crippen LogP contribution in [0, 0.1) is 0 Å². The number of halogens is 3. The van der Waals surface area contributed by atoms with Gasteiger partial charge in [-0.15, -0.1) is 0 Å². The molecule has 0 bridgehead atoms. The van der Waals surface area contributed by atoms with Gasteiger partial charge >= 0.3 is 15.6 Å². The number of rotatable bonds is 15. The molecule has 10 heteroatoms. The summed E-state index contributed by atoms with van der Waals surface area (Å²) in [6, 6.07) is 69.9. The molecule has 0 aliphatic carbocycles. The Kier molecular flexibility index (Phi) is 13.7. The van der Waals surface area contributed by atoms with Crippen LogP contribution in [0.25, 0.3) is 78.3 Å². The van der Waals surface area contributed by atoms with Crippen LogP contribution in [-0.4, -0.2) is 28.9 Å². The minimum Gasteiger partial charge on any atom is -0.376 e. The number of aromatic nitrogens is 3. The Balaban J connectivity index is 1.00. The topological polar surface area (TPSA) is 82.0 Å². The van der Waals surface area contributed by atoms with Crippen molar-refractivity contribution < 1.29 is 25.8 Å². The summed E-state index contributed by atoms with van der Waals surface area (Å²) in [7, 11) is -5.84. The second kappa shape index (κ2) is 20.9. The van der Waals surface area contributed by atoms with Crippen molar-refractivity contribution in [2.45, 2.75) is 31.2 Å². The summed E-state index contributed by atoms with van der Waals surface area (Å²) in [5, 5.41) is 0. The lowest BCUT2D eigenvalue weighted by atomic mass is 9.89. The molecule has 0 radical (unpaired) electrons. The Bertz CT molecular complexity index is 3450. The van der Waals surface area contributed by atoms with Gasteiger partial charge in [0, 0.05) is 40.8 Å². The molecular formula is C62H46F3N3O3S. The minimum absolute atomic E-state index is 0.391. The van der Waals surface area contributed by atoms with E-state index in [9.17, 15) is 21.6 Å². The first-order chi connectivity index (χ1) is 35.0. The molecule has 3 aromatic heterocycles. The van der Waals surface area contributed by atoms with Gasteiger partial charge in [-0.2, -0.15) is 21.6 Å². The van der Waals surface area contributed by atoms with Gasteiger partial charge in [0.15, 0.2) is 0 Å². The van der Waals surface area contributed by atoms with E-state index >= 15 is 0 Å². The summed E-state index contributed by atoms with van der Waals surface area (Å²) in [5.74, 6) is -0.467. The standard InChI is InChI=1S/C62H46F3N3O3S/c63-62(64,65)72(69,70)71-54-25-15-24-49(37-54)59-33-32-50(40-66-59)55-26-13-14-27-56(55)53-35-43(28-30-51-41-67-60(47-20-9-3-10-21-47)38-57(51)45-16-5-1-6-17-45)34-44(36-53)29-31-52-42-68-61(48-22-11-4-12-23-48)39-58(52)46-18-7-2-8-19-46/h1-27,32-42H,28-31H2. The molecule has 7 aromatic carbocycles. The van der Waals surface area contributed by atoms with Crippen molar-refractivity contribution in [1.29, 1.82) is 0 Å². The molecule has 10 rings (SSSR count). The van der Waals surface area contributed by atoms with Crippen LogP contribution in [0.5, 0.6) is 5.75 Å². The van der Waals surface area contributed by atoms with E-state index in [4.69, 9.17) is 9.97 Å². The summed E-state index contributed by atoms with van der Waals surface area (Å²) in [6.45, 7) is 0. The van der Waals surface area contributed by atoms with Crippen LogP contribution < -0.4 is 4.18 Å². The van der Waals surface area contributed by atoms with Crippen LogP contribution in [0.1, 0.15) is 22.3 Å². The molecule has 0 aliphatic heterocycles. The van der Waals surface area contributed by atoms with Crippen LogP contribution in [0.15, 0.2) is 231 Å². The fraction of sp³-hybridized carbons (Fsp3) is 0.0806. The molecule has 0 N–H and O–H groups in total. The van der Waals surface area contributed by atoms with E-state index in [1.54, 1.807) is 18.3 Å². The Labute approximate surface area is 417 Å². The maximum atomic E-state index is 13.1. The van der Waals surface area contributed by atoms with E-state index in [2.05, 4.69) is 118 Å². The summed E-state index contributed by atoms with van der Waals surface area (Å²) >= 11 is 0. The van der Waals surface area contributed by atoms with Gasteiger partial charge in [-0.25, -0.2) is 0 Å². The molecule has 3 heterocycles. The largest absolute Gasteiger partial charge is 0.534 e. The predicted octanol–water partition coefficient (Wildman–Crippen LogP) is 15.3.